The van der Waals surface area contributed by atoms with E-state index in [-0.39, 0.29) is 0 Å². The van der Waals surface area contributed by atoms with Gasteiger partial charge in [-0.2, -0.15) is 0 Å². The Kier molecular flexibility index (Phi) is 3.61. The van der Waals surface area contributed by atoms with Crippen molar-refractivity contribution in [2.75, 3.05) is 18.8 Å². The molecule has 0 aromatic carbocycles. The van der Waals surface area contributed by atoms with Gasteiger partial charge in [0.2, 0.25) is 5.28 Å². The molecule has 76 valence electrons. The molecule has 1 aromatic heterocycles. The molecule has 0 radical (unpaired) electrons. The molecule has 1 aromatic rings. The van der Waals surface area contributed by atoms with Crippen molar-refractivity contribution in [2.45, 2.75) is 11.4 Å². The molecule has 0 amide bonds. The standard InChI is InChI=1S/C9H12ClN3S/c10-9-12-4-2-8(13-9)14-6-7-1-3-11-5-7/h2,4,7,11H,1,3,5-6H2/t7-/m0/s1. The third-order valence-electron chi connectivity index (χ3n) is 2.23. The highest BCUT2D eigenvalue weighted by Gasteiger charge is 2.14. The molecule has 0 unspecified atom stereocenters. The van der Waals surface area contributed by atoms with Crippen LogP contribution in [0.15, 0.2) is 17.3 Å². The van der Waals surface area contributed by atoms with Gasteiger partial charge in [-0.1, -0.05) is 0 Å². The number of thioether (sulfide) groups is 1. The molecule has 1 aliphatic rings. The molecule has 3 nitrogen and oxygen atoms in total. The Morgan fingerprint density at radius 1 is 1.64 bits per heavy atom. The molecule has 0 saturated carbocycles. The zero-order valence-electron chi connectivity index (χ0n) is 7.74. The first-order valence-electron chi connectivity index (χ1n) is 4.66. The number of aromatic nitrogens is 2. The molecule has 2 heterocycles. The van der Waals surface area contributed by atoms with E-state index in [0.29, 0.717) is 5.28 Å². The molecule has 1 fully saturated rings. The van der Waals surface area contributed by atoms with Crippen molar-refractivity contribution >= 4 is 23.4 Å². The first kappa shape index (κ1) is 10.2. The van der Waals surface area contributed by atoms with Crippen LogP contribution in [-0.2, 0) is 0 Å². The zero-order valence-corrected chi connectivity index (χ0v) is 9.31. The second-order valence-corrected chi connectivity index (χ2v) is 4.71. The average Bonchev–Trinajstić information content (AvgIpc) is 2.67. The molecule has 1 aliphatic heterocycles. The summed E-state index contributed by atoms with van der Waals surface area (Å²) in [6.45, 7) is 2.28. The van der Waals surface area contributed by atoms with Gasteiger partial charge in [-0.05, 0) is 43.1 Å². The first-order chi connectivity index (χ1) is 6.84. The van der Waals surface area contributed by atoms with Crippen LogP contribution in [0.2, 0.25) is 5.28 Å². The predicted molar refractivity (Wildman–Crippen MR) is 58.7 cm³/mol. The minimum atomic E-state index is 0.333. The van der Waals surface area contributed by atoms with E-state index < -0.39 is 0 Å². The van der Waals surface area contributed by atoms with E-state index in [4.69, 9.17) is 11.6 Å². The van der Waals surface area contributed by atoms with Crippen molar-refractivity contribution in [3.8, 4) is 0 Å². The molecule has 14 heavy (non-hydrogen) atoms. The summed E-state index contributed by atoms with van der Waals surface area (Å²) in [5.41, 5.74) is 0. The molecule has 0 aliphatic carbocycles. The van der Waals surface area contributed by atoms with Crippen molar-refractivity contribution in [3.05, 3.63) is 17.5 Å². The number of halogens is 1. The van der Waals surface area contributed by atoms with Gasteiger partial charge in [-0.3, -0.25) is 0 Å². The molecule has 0 bridgehead atoms. The van der Waals surface area contributed by atoms with Gasteiger partial charge in [-0.15, -0.1) is 11.8 Å². The van der Waals surface area contributed by atoms with E-state index in [9.17, 15) is 0 Å². The number of hydrogen-bond acceptors (Lipinski definition) is 4. The summed E-state index contributed by atoms with van der Waals surface area (Å²) in [6, 6.07) is 1.90. The lowest BCUT2D eigenvalue weighted by molar-refractivity contribution is 0.662. The van der Waals surface area contributed by atoms with Gasteiger partial charge in [0.25, 0.3) is 0 Å². The van der Waals surface area contributed by atoms with E-state index >= 15 is 0 Å². The topological polar surface area (TPSA) is 37.8 Å². The fourth-order valence-corrected chi connectivity index (χ4v) is 2.66. The van der Waals surface area contributed by atoms with Crippen molar-refractivity contribution in [2.24, 2.45) is 5.92 Å². The van der Waals surface area contributed by atoms with Gasteiger partial charge in [-0.25, -0.2) is 9.97 Å². The second kappa shape index (κ2) is 4.96. The molecule has 1 atom stereocenters. The minimum Gasteiger partial charge on any atom is -0.316 e. The van der Waals surface area contributed by atoms with Crippen molar-refractivity contribution in [1.29, 1.82) is 0 Å². The van der Waals surface area contributed by atoms with Gasteiger partial charge in [0, 0.05) is 11.9 Å². The lowest BCUT2D eigenvalue weighted by atomic mass is 10.2. The monoisotopic (exact) mass is 229 g/mol. The Bertz CT molecular complexity index is 302. The highest BCUT2D eigenvalue weighted by Crippen LogP contribution is 2.21. The van der Waals surface area contributed by atoms with Gasteiger partial charge >= 0.3 is 0 Å². The predicted octanol–water partition coefficient (Wildman–Crippen LogP) is 1.83. The summed E-state index contributed by atoms with van der Waals surface area (Å²) >= 11 is 7.45. The van der Waals surface area contributed by atoms with E-state index in [1.54, 1.807) is 18.0 Å². The smallest absolute Gasteiger partial charge is 0.223 e. The van der Waals surface area contributed by atoms with E-state index in [1.807, 2.05) is 6.07 Å². The third-order valence-corrected chi connectivity index (χ3v) is 3.57. The van der Waals surface area contributed by atoms with Crippen LogP contribution in [0.4, 0.5) is 0 Å². The number of hydrogen-bond donors (Lipinski definition) is 1. The van der Waals surface area contributed by atoms with Crippen LogP contribution in [-0.4, -0.2) is 28.8 Å². The summed E-state index contributed by atoms with van der Waals surface area (Å²) in [7, 11) is 0. The Morgan fingerprint density at radius 2 is 2.57 bits per heavy atom. The lowest BCUT2D eigenvalue weighted by Crippen LogP contribution is -2.10. The Balaban J connectivity index is 1.85. The van der Waals surface area contributed by atoms with E-state index in [2.05, 4.69) is 15.3 Å². The fourth-order valence-electron chi connectivity index (χ4n) is 1.46. The molecule has 5 heteroatoms. The average molecular weight is 230 g/mol. The van der Waals surface area contributed by atoms with E-state index in [0.717, 1.165) is 29.8 Å². The van der Waals surface area contributed by atoms with Gasteiger partial charge < -0.3 is 5.32 Å². The lowest BCUT2D eigenvalue weighted by Gasteiger charge is -2.06. The molecular weight excluding hydrogens is 218 g/mol. The molecule has 2 rings (SSSR count). The van der Waals surface area contributed by atoms with Crippen LogP contribution < -0.4 is 5.32 Å². The number of nitrogens with one attached hydrogen (secondary N) is 1. The highest BCUT2D eigenvalue weighted by molar-refractivity contribution is 7.99. The fraction of sp³-hybridized carbons (Fsp3) is 0.556. The zero-order chi connectivity index (χ0) is 9.80. The van der Waals surface area contributed by atoms with Crippen LogP contribution in [0.25, 0.3) is 0 Å². The van der Waals surface area contributed by atoms with Gasteiger partial charge in [0.05, 0.1) is 0 Å². The summed E-state index contributed by atoms with van der Waals surface area (Å²) in [4.78, 5) is 7.98. The summed E-state index contributed by atoms with van der Waals surface area (Å²) in [6.07, 6.45) is 2.97. The van der Waals surface area contributed by atoms with Crippen LogP contribution in [0.1, 0.15) is 6.42 Å². The Hall–Kier alpha value is -0.320. The molecule has 0 spiro atoms. The Labute approximate surface area is 92.7 Å². The largest absolute Gasteiger partial charge is 0.316 e. The maximum Gasteiger partial charge on any atom is 0.223 e. The van der Waals surface area contributed by atoms with Crippen molar-refractivity contribution in [3.63, 3.8) is 0 Å². The van der Waals surface area contributed by atoms with Crippen LogP contribution in [0.3, 0.4) is 0 Å². The van der Waals surface area contributed by atoms with Crippen LogP contribution in [0.5, 0.6) is 0 Å². The van der Waals surface area contributed by atoms with Crippen molar-refractivity contribution < 1.29 is 0 Å². The summed E-state index contributed by atoms with van der Waals surface area (Å²) < 4.78 is 0. The second-order valence-electron chi connectivity index (χ2n) is 3.33. The van der Waals surface area contributed by atoms with Gasteiger partial charge in [0.1, 0.15) is 5.03 Å². The van der Waals surface area contributed by atoms with Crippen molar-refractivity contribution in [1.82, 2.24) is 15.3 Å². The Morgan fingerprint density at radius 3 is 3.29 bits per heavy atom. The molecule has 1 saturated heterocycles. The summed E-state index contributed by atoms with van der Waals surface area (Å²) in [5, 5.41) is 4.65. The van der Waals surface area contributed by atoms with Crippen LogP contribution in [0, 0.1) is 5.92 Å². The third kappa shape index (κ3) is 2.83. The maximum absolute atomic E-state index is 5.69. The number of nitrogens with zero attached hydrogens (tertiary/aromatic N) is 2. The SMILES string of the molecule is Clc1nccc(SC[C@H]2CCNC2)n1. The molecule has 1 N–H and O–H groups in total. The minimum absolute atomic E-state index is 0.333. The highest BCUT2D eigenvalue weighted by atomic mass is 35.5. The first-order valence-corrected chi connectivity index (χ1v) is 6.03. The quantitative estimate of drug-likeness (QED) is 0.488. The normalized spacial score (nSPS) is 21.4. The van der Waals surface area contributed by atoms with Gasteiger partial charge in [0.15, 0.2) is 0 Å². The van der Waals surface area contributed by atoms with E-state index in [1.165, 1.54) is 6.42 Å². The summed E-state index contributed by atoms with van der Waals surface area (Å²) in [5.74, 6) is 1.88. The molecular formula is C9H12ClN3S. The number of rotatable bonds is 3. The maximum atomic E-state index is 5.69. The van der Waals surface area contributed by atoms with Crippen LogP contribution >= 0.6 is 23.4 Å².